The molecule has 1 aromatic heterocycles. The summed E-state index contributed by atoms with van der Waals surface area (Å²) in [6.07, 6.45) is 4.06. The first-order chi connectivity index (χ1) is 15.0. The van der Waals surface area contributed by atoms with Crippen LogP contribution in [0.4, 0.5) is 5.69 Å². The standard InChI is InChI=1S/C23H23ClN2O4S/c1-16-19(24)10-6-12-22(16)31(27,28)26-23-18-9-5-11-20(18)25-15-21(23)30-14-13-29-17-7-3-2-4-8-17/h2-4,6-8,10,12,15H,5,9,11,13-14H2,1H3,(H,25,26). The Morgan fingerprint density at radius 2 is 1.81 bits per heavy atom. The lowest BCUT2D eigenvalue weighted by Crippen LogP contribution is -2.18. The van der Waals surface area contributed by atoms with Gasteiger partial charge in [-0.1, -0.05) is 35.9 Å². The molecule has 0 saturated carbocycles. The first-order valence-corrected chi connectivity index (χ1v) is 11.9. The number of sulfonamides is 1. The lowest BCUT2D eigenvalue weighted by Gasteiger charge is -2.18. The number of pyridine rings is 1. The molecule has 0 aliphatic heterocycles. The lowest BCUT2D eigenvalue weighted by molar-refractivity contribution is 0.217. The molecule has 0 atom stereocenters. The van der Waals surface area contributed by atoms with Gasteiger partial charge >= 0.3 is 0 Å². The summed E-state index contributed by atoms with van der Waals surface area (Å²) in [5.74, 6) is 1.14. The lowest BCUT2D eigenvalue weighted by atomic mass is 10.2. The van der Waals surface area contributed by atoms with E-state index < -0.39 is 10.0 Å². The molecule has 1 N–H and O–H groups in total. The van der Waals surface area contributed by atoms with E-state index in [2.05, 4.69) is 9.71 Å². The molecule has 31 heavy (non-hydrogen) atoms. The molecule has 8 heteroatoms. The molecule has 0 saturated heterocycles. The summed E-state index contributed by atoms with van der Waals surface area (Å²) in [5, 5.41) is 0.400. The third kappa shape index (κ3) is 4.78. The summed E-state index contributed by atoms with van der Waals surface area (Å²) in [7, 11) is -3.86. The fourth-order valence-corrected chi connectivity index (χ4v) is 5.21. The second-order valence-electron chi connectivity index (χ2n) is 7.25. The number of nitrogens with one attached hydrogen (secondary N) is 1. The largest absolute Gasteiger partial charge is 0.490 e. The molecule has 0 radical (unpaired) electrons. The number of para-hydroxylation sites is 1. The van der Waals surface area contributed by atoms with Crippen molar-refractivity contribution in [1.29, 1.82) is 0 Å². The third-order valence-corrected chi connectivity index (χ3v) is 7.07. The fraction of sp³-hybridized carbons (Fsp3) is 0.261. The van der Waals surface area contributed by atoms with Crippen LogP contribution < -0.4 is 14.2 Å². The predicted molar refractivity (Wildman–Crippen MR) is 121 cm³/mol. The number of halogens is 1. The zero-order valence-electron chi connectivity index (χ0n) is 17.1. The molecule has 0 fully saturated rings. The van der Waals surface area contributed by atoms with Gasteiger partial charge in [0.15, 0.2) is 5.75 Å². The summed E-state index contributed by atoms with van der Waals surface area (Å²) in [6.45, 7) is 2.26. The maximum absolute atomic E-state index is 13.2. The normalized spacial score (nSPS) is 13.0. The Morgan fingerprint density at radius 1 is 1.03 bits per heavy atom. The van der Waals surface area contributed by atoms with Gasteiger partial charge in [0.25, 0.3) is 10.0 Å². The smallest absolute Gasteiger partial charge is 0.262 e. The van der Waals surface area contributed by atoms with Gasteiger partial charge in [-0.15, -0.1) is 0 Å². The van der Waals surface area contributed by atoms with Crippen molar-refractivity contribution in [3.63, 3.8) is 0 Å². The molecule has 0 spiro atoms. The highest BCUT2D eigenvalue weighted by atomic mass is 35.5. The molecule has 1 aliphatic rings. The Bertz CT molecular complexity index is 1180. The van der Waals surface area contributed by atoms with Gasteiger partial charge in [0.05, 0.1) is 16.8 Å². The van der Waals surface area contributed by atoms with Crippen molar-refractivity contribution in [3.05, 3.63) is 76.6 Å². The molecule has 162 valence electrons. The number of fused-ring (bicyclic) bond motifs is 1. The second-order valence-corrected chi connectivity index (χ2v) is 9.31. The first-order valence-electron chi connectivity index (χ1n) is 10.0. The van der Waals surface area contributed by atoms with E-state index in [4.69, 9.17) is 21.1 Å². The van der Waals surface area contributed by atoms with Crippen LogP contribution in [0.3, 0.4) is 0 Å². The van der Waals surface area contributed by atoms with Crippen molar-refractivity contribution in [2.45, 2.75) is 31.1 Å². The van der Waals surface area contributed by atoms with Crippen LogP contribution in [-0.2, 0) is 22.9 Å². The van der Waals surface area contributed by atoms with Gasteiger partial charge in [-0.3, -0.25) is 9.71 Å². The number of ether oxygens (including phenoxy) is 2. The zero-order valence-corrected chi connectivity index (χ0v) is 18.7. The minimum atomic E-state index is -3.86. The van der Waals surface area contributed by atoms with E-state index in [9.17, 15) is 8.42 Å². The number of aromatic nitrogens is 1. The summed E-state index contributed by atoms with van der Waals surface area (Å²) in [5.41, 5.74) is 2.72. The Labute approximate surface area is 187 Å². The summed E-state index contributed by atoms with van der Waals surface area (Å²) < 4.78 is 40.6. The zero-order chi connectivity index (χ0) is 21.8. The number of rotatable bonds is 8. The minimum Gasteiger partial charge on any atom is -0.490 e. The van der Waals surface area contributed by atoms with Gasteiger partial charge in [-0.05, 0) is 56.0 Å². The van der Waals surface area contributed by atoms with E-state index in [1.807, 2.05) is 30.3 Å². The molecule has 1 heterocycles. The monoisotopic (exact) mass is 458 g/mol. The maximum atomic E-state index is 13.2. The molecule has 4 rings (SSSR count). The molecule has 0 amide bonds. The van der Waals surface area contributed by atoms with Crippen LogP contribution in [0.5, 0.6) is 11.5 Å². The number of anilines is 1. The van der Waals surface area contributed by atoms with Crippen molar-refractivity contribution in [2.75, 3.05) is 17.9 Å². The van der Waals surface area contributed by atoms with Crippen molar-refractivity contribution in [3.8, 4) is 11.5 Å². The van der Waals surface area contributed by atoms with Crippen molar-refractivity contribution in [1.82, 2.24) is 4.98 Å². The molecule has 2 aromatic carbocycles. The van der Waals surface area contributed by atoms with Crippen LogP contribution in [0.1, 0.15) is 23.2 Å². The quantitative estimate of drug-likeness (QED) is 0.491. The molecular weight excluding hydrogens is 436 g/mol. The van der Waals surface area contributed by atoms with E-state index >= 15 is 0 Å². The van der Waals surface area contributed by atoms with Gasteiger partial charge in [0.1, 0.15) is 19.0 Å². The topological polar surface area (TPSA) is 77.5 Å². The third-order valence-electron chi connectivity index (χ3n) is 5.17. The van der Waals surface area contributed by atoms with Gasteiger partial charge < -0.3 is 9.47 Å². The van der Waals surface area contributed by atoms with Crippen LogP contribution in [0.15, 0.2) is 59.6 Å². The van der Waals surface area contributed by atoms with Crippen LogP contribution >= 0.6 is 11.6 Å². The number of hydrogen-bond acceptors (Lipinski definition) is 5. The molecular formula is C23H23ClN2O4S. The molecule has 0 unspecified atom stereocenters. The molecule has 1 aliphatic carbocycles. The average molecular weight is 459 g/mol. The van der Waals surface area contributed by atoms with E-state index in [0.29, 0.717) is 28.6 Å². The minimum absolute atomic E-state index is 0.141. The molecule has 6 nitrogen and oxygen atoms in total. The van der Waals surface area contributed by atoms with Crippen LogP contribution in [-0.4, -0.2) is 26.6 Å². The van der Waals surface area contributed by atoms with E-state index in [0.717, 1.165) is 36.3 Å². The highest BCUT2D eigenvalue weighted by Gasteiger charge is 2.26. The highest BCUT2D eigenvalue weighted by molar-refractivity contribution is 7.92. The Morgan fingerprint density at radius 3 is 2.61 bits per heavy atom. The van der Waals surface area contributed by atoms with Crippen molar-refractivity contribution < 1.29 is 17.9 Å². The first kappa shape index (κ1) is 21.5. The van der Waals surface area contributed by atoms with E-state index in [1.54, 1.807) is 31.3 Å². The van der Waals surface area contributed by atoms with Gasteiger partial charge in [0, 0.05) is 16.3 Å². The number of nitrogens with zero attached hydrogens (tertiary/aromatic N) is 1. The van der Waals surface area contributed by atoms with E-state index in [1.165, 1.54) is 0 Å². The molecule has 3 aromatic rings. The second kappa shape index (κ2) is 9.16. The number of hydrogen-bond donors (Lipinski definition) is 1. The van der Waals surface area contributed by atoms with Gasteiger partial charge in [-0.2, -0.15) is 0 Å². The highest BCUT2D eigenvalue weighted by Crippen LogP contribution is 2.37. The van der Waals surface area contributed by atoms with Gasteiger partial charge in [0.2, 0.25) is 0 Å². The average Bonchev–Trinajstić information content (AvgIpc) is 3.24. The molecule has 0 bridgehead atoms. The van der Waals surface area contributed by atoms with Crippen molar-refractivity contribution in [2.24, 2.45) is 0 Å². The number of benzene rings is 2. The van der Waals surface area contributed by atoms with Crippen LogP contribution in [0.2, 0.25) is 5.02 Å². The summed E-state index contributed by atoms with van der Waals surface area (Å²) >= 11 is 6.14. The Kier molecular flexibility index (Phi) is 6.34. The Hall–Kier alpha value is -2.77. The maximum Gasteiger partial charge on any atom is 0.262 e. The van der Waals surface area contributed by atoms with E-state index in [-0.39, 0.29) is 11.5 Å². The number of aryl methyl sites for hydroxylation is 1. The fourth-order valence-electron chi connectivity index (χ4n) is 3.61. The Balaban J connectivity index is 1.56. The predicted octanol–water partition coefficient (Wildman–Crippen LogP) is 4.79. The summed E-state index contributed by atoms with van der Waals surface area (Å²) in [4.78, 5) is 4.61. The van der Waals surface area contributed by atoms with Crippen molar-refractivity contribution >= 4 is 27.3 Å². The SMILES string of the molecule is Cc1c(Cl)cccc1S(=O)(=O)Nc1c(OCCOc2ccccc2)cnc2c1CCC2. The summed E-state index contributed by atoms with van der Waals surface area (Å²) in [6, 6.07) is 14.3. The van der Waals surface area contributed by atoms with Gasteiger partial charge in [-0.25, -0.2) is 8.42 Å². The van der Waals surface area contributed by atoms with Crippen LogP contribution in [0, 0.1) is 6.92 Å². The van der Waals surface area contributed by atoms with Crippen LogP contribution in [0.25, 0.3) is 0 Å².